The molecule has 0 aliphatic heterocycles. The van der Waals surface area contributed by atoms with E-state index in [-0.39, 0.29) is 11.2 Å². The monoisotopic (exact) mass is 415 g/mol. The Morgan fingerprint density at radius 3 is 2.48 bits per heavy atom. The normalized spacial score (nSPS) is 12.1. The second-order valence-electron chi connectivity index (χ2n) is 6.37. The minimum Gasteiger partial charge on any atom is -0.325 e. The number of carbonyl (C=O) groups is 1. The molecule has 0 unspecified atom stereocenters. The zero-order valence-corrected chi connectivity index (χ0v) is 17.8. The number of aromatic nitrogens is 2. The van der Waals surface area contributed by atoms with Crippen molar-refractivity contribution in [3.8, 4) is 5.69 Å². The molecule has 3 rings (SSSR count). The Kier molecular flexibility index (Phi) is 6.46. The fourth-order valence-electron chi connectivity index (χ4n) is 2.59. The number of para-hydroxylation sites is 2. The van der Waals surface area contributed by atoms with E-state index in [4.69, 9.17) is 12.2 Å². The van der Waals surface area contributed by atoms with Crippen LogP contribution in [-0.2, 0) is 4.79 Å². The predicted molar refractivity (Wildman–Crippen MR) is 117 cm³/mol. The highest BCUT2D eigenvalue weighted by molar-refractivity contribution is 8.02. The molecule has 1 atom stereocenters. The largest absolute Gasteiger partial charge is 0.325 e. The predicted octanol–water partition coefficient (Wildman–Crippen LogP) is 5.91. The van der Waals surface area contributed by atoms with Gasteiger partial charge in [-0.15, -0.1) is 5.10 Å². The smallest absolute Gasteiger partial charge is 0.237 e. The molecular weight excluding hydrogens is 394 g/mol. The minimum atomic E-state index is -0.282. The number of nitrogens with zero attached hydrogens (tertiary/aromatic N) is 2. The van der Waals surface area contributed by atoms with Crippen molar-refractivity contribution in [3.63, 3.8) is 0 Å². The lowest BCUT2D eigenvalue weighted by atomic mass is 10.0. The van der Waals surface area contributed by atoms with Crippen LogP contribution in [0, 0.1) is 3.95 Å². The molecule has 1 aromatic heterocycles. The van der Waals surface area contributed by atoms with Gasteiger partial charge in [0.2, 0.25) is 5.91 Å². The zero-order valence-electron chi connectivity index (χ0n) is 15.4. The Labute approximate surface area is 172 Å². The molecule has 1 heterocycles. The Bertz CT molecular complexity index is 979. The Morgan fingerprint density at radius 2 is 1.78 bits per heavy atom. The third kappa shape index (κ3) is 4.86. The molecule has 27 heavy (non-hydrogen) atoms. The van der Waals surface area contributed by atoms with Crippen molar-refractivity contribution in [1.82, 2.24) is 9.78 Å². The Morgan fingerprint density at radius 1 is 1.11 bits per heavy atom. The number of thioether (sulfide) groups is 1. The molecule has 0 fully saturated rings. The second-order valence-corrected chi connectivity index (χ2v) is 9.58. The summed E-state index contributed by atoms with van der Waals surface area (Å²) in [6.07, 6.45) is 0. The molecule has 0 bridgehead atoms. The summed E-state index contributed by atoms with van der Waals surface area (Å²) < 4.78 is 3.19. The molecule has 0 spiro atoms. The van der Waals surface area contributed by atoms with Gasteiger partial charge in [-0.3, -0.25) is 4.79 Å². The number of hydrogen-bond donors (Lipinski definition) is 1. The standard InChI is InChI=1S/C20H21N3OS3/c1-13(2)16-11-7-8-12-17(16)21-18(24)14(3)26-19-22-23(20(25)27-19)15-9-5-4-6-10-15/h4-14H,1-3H3,(H,21,24)/t14-/m1/s1. The van der Waals surface area contributed by atoms with Gasteiger partial charge in [0, 0.05) is 5.69 Å². The molecule has 2 aromatic carbocycles. The van der Waals surface area contributed by atoms with Gasteiger partial charge in [-0.25, -0.2) is 4.68 Å². The van der Waals surface area contributed by atoms with Crippen LogP contribution in [0.3, 0.4) is 0 Å². The van der Waals surface area contributed by atoms with E-state index in [0.29, 0.717) is 9.87 Å². The van der Waals surface area contributed by atoms with Gasteiger partial charge in [-0.1, -0.05) is 73.3 Å². The van der Waals surface area contributed by atoms with E-state index in [9.17, 15) is 4.79 Å². The number of anilines is 1. The van der Waals surface area contributed by atoms with Gasteiger partial charge in [0.25, 0.3) is 0 Å². The van der Waals surface area contributed by atoms with Gasteiger partial charge >= 0.3 is 0 Å². The molecule has 7 heteroatoms. The third-order valence-electron chi connectivity index (χ3n) is 4.02. The van der Waals surface area contributed by atoms with Crippen molar-refractivity contribution >= 4 is 46.9 Å². The summed E-state index contributed by atoms with van der Waals surface area (Å²) in [7, 11) is 0. The maximum absolute atomic E-state index is 12.7. The average Bonchev–Trinajstić information content (AvgIpc) is 3.02. The SMILES string of the molecule is CC(C)c1ccccc1NC(=O)[C@@H](C)Sc1nn(-c2ccccc2)c(=S)s1. The van der Waals surface area contributed by atoms with Crippen LogP contribution in [0.15, 0.2) is 58.9 Å². The number of carbonyl (C=O) groups excluding carboxylic acids is 1. The van der Waals surface area contributed by atoms with E-state index in [1.807, 2.05) is 61.5 Å². The van der Waals surface area contributed by atoms with Crippen molar-refractivity contribution in [2.45, 2.75) is 36.3 Å². The number of nitrogens with one attached hydrogen (secondary N) is 1. The fourth-order valence-corrected chi connectivity index (χ4v) is 5.10. The fraction of sp³-hybridized carbons (Fsp3) is 0.250. The molecule has 0 saturated carbocycles. The zero-order chi connectivity index (χ0) is 19.4. The highest BCUT2D eigenvalue weighted by Crippen LogP contribution is 2.29. The van der Waals surface area contributed by atoms with Crippen molar-refractivity contribution in [2.24, 2.45) is 0 Å². The highest BCUT2D eigenvalue weighted by atomic mass is 32.2. The van der Waals surface area contributed by atoms with Crippen LogP contribution < -0.4 is 5.32 Å². The lowest BCUT2D eigenvalue weighted by Gasteiger charge is -2.15. The number of rotatable bonds is 6. The summed E-state index contributed by atoms with van der Waals surface area (Å²) in [5, 5.41) is 7.34. The quantitative estimate of drug-likeness (QED) is 0.402. The summed E-state index contributed by atoms with van der Waals surface area (Å²) in [6.45, 7) is 6.12. The minimum absolute atomic E-state index is 0.0412. The molecule has 0 aliphatic rings. The third-order valence-corrected chi connectivity index (χ3v) is 6.43. The first kappa shape index (κ1) is 19.8. The molecule has 0 aliphatic carbocycles. The van der Waals surface area contributed by atoms with Crippen LogP contribution >= 0.6 is 35.3 Å². The van der Waals surface area contributed by atoms with Gasteiger partial charge in [0.1, 0.15) is 0 Å². The van der Waals surface area contributed by atoms with E-state index in [1.54, 1.807) is 4.68 Å². The van der Waals surface area contributed by atoms with Crippen molar-refractivity contribution < 1.29 is 4.79 Å². The van der Waals surface area contributed by atoms with E-state index >= 15 is 0 Å². The van der Waals surface area contributed by atoms with E-state index in [2.05, 4.69) is 24.3 Å². The maximum Gasteiger partial charge on any atom is 0.237 e. The topological polar surface area (TPSA) is 46.9 Å². The van der Waals surface area contributed by atoms with Crippen LogP contribution in [-0.4, -0.2) is 20.9 Å². The van der Waals surface area contributed by atoms with Crippen molar-refractivity contribution in [1.29, 1.82) is 0 Å². The molecule has 140 valence electrons. The molecule has 1 amide bonds. The van der Waals surface area contributed by atoms with Crippen LogP contribution in [0.25, 0.3) is 5.69 Å². The number of benzene rings is 2. The average molecular weight is 416 g/mol. The first-order chi connectivity index (χ1) is 13.0. The van der Waals surface area contributed by atoms with Crippen LogP contribution in [0.4, 0.5) is 5.69 Å². The lowest BCUT2D eigenvalue weighted by molar-refractivity contribution is -0.115. The first-order valence-corrected chi connectivity index (χ1v) is 10.8. The van der Waals surface area contributed by atoms with Gasteiger partial charge < -0.3 is 5.32 Å². The molecule has 1 N–H and O–H groups in total. The molecule has 0 radical (unpaired) electrons. The Balaban J connectivity index is 1.72. The van der Waals surface area contributed by atoms with Gasteiger partial charge in [-0.05, 0) is 48.8 Å². The number of amides is 1. The molecular formula is C20H21N3OS3. The van der Waals surface area contributed by atoms with E-state index in [0.717, 1.165) is 21.3 Å². The van der Waals surface area contributed by atoms with Crippen molar-refractivity contribution in [2.75, 3.05) is 5.32 Å². The molecule has 0 saturated heterocycles. The molecule has 4 nitrogen and oxygen atoms in total. The maximum atomic E-state index is 12.7. The van der Waals surface area contributed by atoms with Crippen molar-refractivity contribution in [3.05, 3.63) is 64.1 Å². The second kappa shape index (κ2) is 8.82. The van der Waals surface area contributed by atoms with Gasteiger partial charge in [-0.2, -0.15) is 0 Å². The van der Waals surface area contributed by atoms with Crippen LogP contribution in [0.1, 0.15) is 32.3 Å². The van der Waals surface area contributed by atoms with E-state index < -0.39 is 0 Å². The summed E-state index contributed by atoms with van der Waals surface area (Å²) >= 11 is 8.27. The lowest BCUT2D eigenvalue weighted by Crippen LogP contribution is -2.23. The summed E-state index contributed by atoms with van der Waals surface area (Å²) in [5.74, 6) is 0.302. The summed E-state index contributed by atoms with van der Waals surface area (Å²) in [6, 6.07) is 17.7. The summed E-state index contributed by atoms with van der Waals surface area (Å²) in [4.78, 5) is 12.7. The van der Waals surface area contributed by atoms with Crippen LogP contribution in [0.5, 0.6) is 0 Å². The molecule has 3 aromatic rings. The van der Waals surface area contributed by atoms with Gasteiger partial charge in [0.05, 0.1) is 10.9 Å². The first-order valence-electron chi connectivity index (χ1n) is 8.67. The summed E-state index contributed by atoms with van der Waals surface area (Å²) in [5.41, 5.74) is 2.92. The van der Waals surface area contributed by atoms with Crippen LogP contribution in [0.2, 0.25) is 0 Å². The van der Waals surface area contributed by atoms with E-state index in [1.165, 1.54) is 23.1 Å². The number of hydrogen-bond acceptors (Lipinski definition) is 5. The highest BCUT2D eigenvalue weighted by Gasteiger charge is 2.19. The Hall–Kier alpha value is -1.96. The van der Waals surface area contributed by atoms with Gasteiger partial charge in [0.15, 0.2) is 8.29 Å².